The normalized spacial score (nSPS) is 15.1. The summed E-state index contributed by atoms with van der Waals surface area (Å²) >= 11 is 0. The molecule has 1 aliphatic rings. The van der Waals surface area contributed by atoms with Gasteiger partial charge in [0.1, 0.15) is 24.3 Å². The largest absolute Gasteiger partial charge is 0.456 e. The monoisotopic (exact) mass is 381 g/mol. The second-order valence-corrected chi connectivity index (χ2v) is 8.28. The molecule has 1 saturated carbocycles. The molecule has 2 aromatic heterocycles. The van der Waals surface area contributed by atoms with E-state index in [9.17, 15) is 5.26 Å². The van der Waals surface area contributed by atoms with Crippen molar-refractivity contribution in [3.63, 3.8) is 0 Å². The molecule has 0 bridgehead atoms. The fourth-order valence-corrected chi connectivity index (χ4v) is 5.11. The lowest BCUT2D eigenvalue weighted by atomic mass is 9.82. The van der Waals surface area contributed by atoms with Gasteiger partial charge in [0.2, 0.25) is 5.69 Å². The van der Waals surface area contributed by atoms with E-state index in [0.29, 0.717) is 5.92 Å². The fraction of sp³-hybridized carbons (Fsp3) is 0.308. The summed E-state index contributed by atoms with van der Waals surface area (Å²) in [4.78, 5) is 0. The molecule has 29 heavy (non-hydrogen) atoms. The van der Waals surface area contributed by atoms with E-state index in [-0.39, 0.29) is 0 Å². The molecule has 0 atom stereocenters. The van der Waals surface area contributed by atoms with E-state index in [0.717, 1.165) is 44.3 Å². The predicted octanol–water partition coefficient (Wildman–Crippen LogP) is 6.31. The van der Waals surface area contributed by atoms with Crippen LogP contribution in [0.4, 0.5) is 0 Å². The Hall–Kier alpha value is -3.12. The van der Waals surface area contributed by atoms with Crippen molar-refractivity contribution in [3.05, 3.63) is 65.4 Å². The minimum atomic E-state index is 0.553. The van der Waals surface area contributed by atoms with Crippen LogP contribution in [0.1, 0.15) is 54.7 Å². The molecular formula is C26H25N2O+. The minimum absolute atomic E-state index is 0.553. The lowest BCUT2D eigenvalue weighted by Gasteiger charge is -2.22. The Labute approximate surface area is 171 Å². The third kappa shape index (κ3) is 2.83. The molecule has 2 aromatic carbocycles. The first kappa shape index (κ1) is 17.9. The standard InChI is InChI=1S/C26H25N2O/c1-17-15-23-26(20(16-27)24(17)21-12-6-7-14-28(21)2)25-19(11-8-13-22(25)29-23)18-9-4-3-5-10-18/h6-8,11-15,18H,3-5,9-10H2,1-2H3/q+1. The van der Waals surface area contributed by atoms with Crippen molar-refractivity contribution in [2.75, 3.05) is 0 Å². The van der Waals surface area contributed by atoms with E-state index in [2.05, 4.69) is 41.8 Å². The van der Waals surface area contributed by atoms with Gasteiger partial charge >= 0.3 is 0 Å². The zero-order valence-electron chi connectivity index (χ0n) is 17.0. The molecule has 0 N–H and O–H groups in total. The molecule has 0 unspecified atom stereocenters. The van der Waals surface area contributed by atoms with E-state index in [1.807, 2.05) is 31.4 Å². The third-order valence-corrected chi connectivity index (χ3v) is 6.48. The Balaban J connectivity index is 1.88. The predicted molar refractivity (Wildman–Crippen MR) is 116 cm³/mol. The number of fused-ring (bicyclic) bond motifs is 3. The van der Waals surface area contributed by atoms with Gasteiger partial charge in [0.25, 0.3) is 0 Å². The Kier molecular flexibility index (Phi) is 4.36. The molecule has 0 aliphatic heterocycles. The van der Waals surface area contributed by atoms with Crippen LogP contribution in [0.2, 0.25) is 0 Å². The maximum absolute atomic E-state index is 10.3. The summed E-state index contributed by atoms with van der Waals surface area (Å²) in [6.45, 7) is 2.07. The van der Waals surface area contributed by atoms with Gasteiger partial charge in [0.05, 0.1) is 11.1 Å². The average molecular weight is 381 g/mol. The van der Waals surface area contributed by atoms with Crippen molar-refractivity contribution in [3.8, 4) is 17.3 Å². The molecule has 3 heteroatoms. The van der Waals surface area contributed by atoms with Gasteiger partial charge in [0.15, 0.2) is 6.20 Å². The van der Waals surface area contributed by atoms with Gasteiger partial charge in [-0.2, -0.15) is 5.26 Å². The first-order valence-corrected chi connectivity index (χ1v) is 10.5. The quantitative estimate of drug-likeness (QED) is 0.382. The van der Waals surface area contributed by atoms with E-state index < -0.39 is 0 Å². The van der Waals surface area contributed by atoms with Crippen LogP contribution in [0.25, 0.3) is 33.2 Å². The van der Waals surface area contributed by atoms with Gasteiger partial charge < -0.3 is 4.42 Å². The van der Waals surface area contributed by atoms with Crippen LogP contribution in [-0.4, -0.2) is 0 Å². The van der Waals surface area contributed by atoms with E-state index >= 15 is 0 Å². The molecule has 5 rings (SSSR count). The molecule has 0 spiro atoms. The Morgan fingerprint density at radius 1 is 1.00 bits per heavy atom. The highest BCUT2D eigenvalue weighted by molar-refractivity contribution is 6.12. The van der Waals surface area contributed by atoms with E-state index in [4.69, 9.17) is 4.42 Å². The van der Waals surface area contributed by atoms with Crippen LogP contribution in [0.15, 0.2) is 53.1 Å². The highest BCUT2D eigenvalue weighted by Crippen LogP contribution is 2.43. The van der Waals surface area contributed by atoms with Crippen molar-refractivity contribution in [1.29, 1.82) is 5.26 Å². The van der Waals surface area contributed by atoms with Crippen molar-refractivity contribution < 1.29 is 8.98 Å². The number of nitrogens with zero attached hydrogens (tertiary/aromatic N) is 2. The van der Waals surface area contributed by atoms with Crippen molar-refractivity contribution in [1.82, 2.24) is 0 Å². The van der Waals surface area contributed by atoms with Crippen LogP contribution in [0, 0.1) is 18.3 Å². The first-order valence-electron chi connectivity index (χ1n) is 10.5. The lowest BCUT2D eigenvalue weighted by molar-refractivity contribution is -0.660. The number of hydrogen-bond acceptors (Lipinski definition) is 2. The molecule has 0 radical (unpaired) electrons. The summed E-state index contributed by atoms with van der Waals surface area (Å²) in [5, 5.41) is 12.4. The van der Waals surface area contributed by atoms with Gasteiger partial charge in [0, 0.05) is 22.9 Å². The Morgan fingerprint density at radius 3 is 2.59 bits per heavy atom. The molecule has 2 heterocycles. The maximum atomic E-state index is 10.3. The summed E-state index contributed by atoms with van der Waals surface area (Å²) in [6.07, 6.45) is 8.37. The molecular weight excluding hydrogens is 356 g/mol. The number of benzene rings is 2. The van der Waals surface area contributed by atoms with E-state index in [1.54, 1.807) is 0 Å². The van der Waals surface area contributed by atoms with Gasteiger partial charge in [-0.05, 0) is 55.0 Å². The molecule has 3 nitrogen and oxygen atoms in total. The summed E-state index contributed by atoms with van der Waals surface area (Å²) in [5.74, 6) is 0.553. The number of aromatic nitrogens is 1. The molecule has 4 aromatic rings. The lowest BCUT2D eigenvalue weighted by Crippen LogP contribution is -2.30. The Morgan fingerprint density at radius 2 is 1.83 bits per heavy atom. The van der Waals surface area contributed by atoms with E-state index in [1.165, 1.54) is 37.7 Å². The molecule has 1 fully saturated rings. The van der Waals surface area contributed by atoms with Crippen LogP contribution in [0.5, 0.6) is 0 Å². The topological polar surface area (TPSA) is 40.8 Å². The number of hydrogen-bond donors (Lipinski definition) is 0. The molecule has 1 aliphatic carbocycles. The maximum Gasteiger partial charge on any atom is 0.213 e. The van der Waals surface area contributed by atoms with Gasteiger partial charge in [-0.1, -0.05) is 31.4 Å². The zero-order chi connectivity index (χ0) is 20.0. The Bertz CT molecular complexity index is 1270. The van der Waals surface area contributed by atoms with Crippen LogP contribution >= 0.6 is 0 Å². The molecule has 0 saturated heterocycles. The van der Waals surface area contributed by atoms with Crippen molar-refractivity contribution >= 4 is 21.9 Å². The fourth-order valence-electron chi connectivity index (χ4n) is 5.11. The number of aryl methyl sites for hydroxylation is 2. The van der Waals surface area contributed by atoms with Gasteiger partial charge in [-0.3, -0.25) is 0 Å². The van der Waals surface area contributed by atoms with Crippen LogP contribution < -0.4 is 4.57 Å². The van der Waals surface area contributed by atoms with Crippen LogP contribution in [0.3, 0.4) is 0 Å². The zero-order valence-corrected chi connectivity index (χ0v) is 17.0. The second-order valence-electron chi connectivity index (χ2n) is 8.28. The SMILES string of the molecule is Cc1cc2oc3cccc(C4CCCCC4)c3c2c(C#N)c1-c1cccc[n+]1C. The number of pyridine rings is 1. The average Bonchev–Trinajstić information content (AvgIpc) is 3.12. The smallest absolute Gasteiger partial charge is 0.213 e. The number of furan rings is 1. The summed E-state index contributed by atoms with van der Waals surface area (Å²) < 4.78 is 8.35. The molecule has 144 valence electrons. The summed E-state index contributed by atoms with van der Waals surface area (Å²) in [7, 11) is 2.03. The first-order chi connectivity index (χ1) is 14.2. The minimum Gasteiger partial charge on any atom is -0.456 e. The summed E-state index contributed by atoms with van der Waals surface area (Å²) in [5.41, 5.74) is 6.91. The van der Waals surface area contributed by atoms with Crippen LogP contribution in [-0.2, 0) is 7.05 Å². The molecule has 0 amide bonds. The number of nitriles is 1. The number of rotatable bonds is 2. The second kappa shape index (κ2) is 7.04. The summed E-state index contributed by atoms with van der Waals surface area (Å²) in [6, 6.07) is 17.2. The van der Waals surface area contributed by atoms with Gasteiger partial charge in [-0.15, -0.1) is 0 Å². The van der Waals surface area contributed by atoms with Crippen molar-refractivity contribution in [2.45, 2.75) is 44.9 Å². The van der Waals surface area contributed by atoms with Crippen molar-refractivity contribution in [2.24, 2.45) is 7.05 Å². The highest BCUT2D eigenvalue weighted by atomic mass is 16.3. The third-order valence-electron chi connectivity index (χ3n) is 6.48. The highest BCUT2D eigenvalue weighted by Gasteiger charge is 2.26. The van der Waals surface area contributed by atoms with Gasteiger partial charge in [-0.25, -0.2) is 4.57 Å².